The highest BCUT2D eigenvalue weighted by Gasteiger charge is 2.30. The maximum absolute atomic E-state index is 12.6. The molecular weight excluding hydrogens is 409 g/mol. The molecular formula is C22H19F3N4O2. The molecule has 0 aromatic heterocycles. The maximum atomic E-state index is 12.6. The lowest BCUT2D eigenvalue weighted by atomic mass is 10.1. The number of anilines is 2. The quantitative estimate of drug-likeness (QED) is 0.558. The summed E-state index contributed by atoms with van der Waals surface area (Å²) in [6.07, 6.45) is -4.88. The van der Waals surface area contributed by atoms with E-state index in [-0.39, 0.29) is 12.2 Å². The highest BCUT2D eigenvalue weighted by atomic mass is 19.4. The average Bonchev–Trinajstić information content (AvgIpc) is 3.09. The van der Waals surface area contributed by atoms with Gasteiger partial charge in [-0.3, -0.25) is 0 Å². The number of nitrogens with one attached hydrogen (secondary N) is 2. The van der Waals surface area contributed by atoms with Crippen LogP contribution >= 0.6 is 0 Å². The molecule has 0 saturated heterocycles. The Labute approximate surface area is 176 Å². The predicted molar refractivity (Wildman–Crippen MR) is 110 cm³/mol. The molecule has 0 radical (unpaired) electrons. The molecule has 0 bridgehead atoms. The maximum Gasteiger partial charge on any atom is 0.416 e. The standard InChI is InChI=1S/C22H19F3N4O2/c23-22(24,25)15-8-10-16(11-9-15)28-21(30)27-13-14-4-3-5-17(12-14)29-20(26)18-6-1-2-7-19(18)31-29/h1-12,20H,13,26H2,(H2,27,28,30). The van der Waals surface area contributed by atoms with Gasteiger partial charge < -0.3 is 21.2 Å². The molecule has 3 aromatic carbocycles. The fourth-order valence-corrected chi connectivity index (χ4v) is 3.21. The van der Waals surface area contributed by atoms with E-state index >= 15 is 0 Å². The first-order chi connectivity index (χ1) is 14.8. The van der Waals surface area contributed by atoms with Crippen molar-refractivity contribution in [2.45, 2.75) is 18.9 Å². The first kappa shape index (κ1) is 20.5. The second kappa shape index (κ2) is 8.19. The van der Waals surface area contributed by atoms with Gasteiger partial charge in [0.25, 0.3) is 0 Å². The van der Waals surface area contributed by atoms with Crippen molar-refractivity contribution in [1.82, 2.24) is 5.32 Å². The van der Waals surface area contributed by atoms with Crippen molar-refractivity contribution in [3.63, 3.8) is 0 Å². The molecule has 1 atom stereocenters. The molecule has 3 aromatic rings. The number of rotatable bonds is 4. The molecule has 1 aliphatic heterocycles. The van der Waals surface area contributed by atoms with Gasteiger partial charge in [0.2, 0.25) is 0 Å². The number of para-hydroxylation sites is 1. The van der Waals surface area contributed by atoms with Crippen molar-refractivity contribution in [3.05, 3.63) is 89.5 Å². The molecule has 6 nitrogen and oxygen atoms in total. The van der Waals surface area contributed by atoms with Crippen LogP contribution in [0.2, 0.25) is 0 Å². The SMILES string of the molecule is NC1c2ccccc2ON1c1cccc(CNC(=O)Nc2ccc(C(F)(F)F)cc2)c1. The second-order valence-electron chi connectivity index (χ2n) is 6.95. The summed E-state index contributed by atoms with van der Waals surface area (Å²) >= 11 is 0. The normalized spacial score (nSPS) is 15.2. The Morgan fingerprint density at radius 3 is 2.48 bits per heavy atom. The lowest BCUT2D eigenvalue weighted by molar-refractivity contribution is -0.137. The summed E-state index contributed by atoms with van der Waals surface area (Å²) in [6.45, 7) is 0.205. The summed E-state index contributed by atoms with van der Waals surface area (Å²) in [5.74, 6) is 0.689. The van der Waals surface area contributed by atoms with E-state index < -0.39 is 23.9 Å². The van der Waals surface area contributed by atoms with Gasteiger partial charge in [0, 0.05) is 17.8 Å². The number of hydrogen-bond donors (Lipinski definition) is 3. The lowest BCUT2D eigenvalue weighted by Crippen LogP contribution is -2.32. The molecule has 0 fully saturated rings. The molecule has 4 N–H and O–H groups in total. The fourth-order valence-electron chi connectivity index (χ4n) is 3.21. The van der Waals surface area contributed by atoms with Crippen molar-refractivity contribution in [1.29, 1.82) is 0 Å². The summed E-state index contributed by atoms with van der Waals surface area (Å²) in [7, 11) is 0. The number of hydroxylamine groups is 1. The van der Waals surface area contributed by atoms with E-state index in [1.165, 1.54) is 12.1 Å². The van der Waals surface area contributed by atoms with Gasteiger partial charge in [-0.1, -0.05) is 30.3 Å². The van der Waals surface area contributed by atoms with Crippen molar-refractivity contribution >= 4 is 17.4 Å². The second-order valence-corrected chi connectivity index (χ2v) is 6.95. The van der Waals surface area contributed by atoms with Crippen molar-refractivity contribution in [2.24, 2.45) is 5.73 Å². The summed E-state index contributed by atoms with van der Waals surface area (Å²) in [4.78, 5) is 17.9. The first-order valence-corrected chi connectivity index (χ1v) is 9.44. The monoisotopic (exact) mass is 428 g/mol. The fraction of sp³-hybridized carbons (Fsp3) is 0.136. The molecule has 0 spiro atoms. The third kappa shape index (κ3) is 4.56. The number of carbonyl (C=O) groups is 1. The van der Waals surface area contributed by atoms with Gasteiger partial charge in [-0.15, -0.1) is 0 Å². The smallest absolute Gasteiger partial charge is 0.377 e. The van der Waals surface area contributed by atoms with E-state index in [1.54, 1.807) is 5.06 Å². The minimum Gasteiger partial charge on any atom is -0.377 e. The molecule has 1 unspecified atom stereocenters. The number of alkyl halides is 3. The van der Waals surface area contributed by atoms with Crippen LogP contribution in [0.1, 0.15) is 22.9 Å². The van der Waals surface area contributed by atoms with Crippen LogP contribution in [0.25, 0.3) is 0 Å². The van der Waals surface area contributed by atoms with Crippen molar-refractivity contribution < 1.29 is 22.8 Å². The molecule has 9 heteroatoms. The highest BCUT2D eigenvalue weighted by molar-refractivity contribution is 5.89. The molecule has 1 heterocycles. The van der Waals surface area contributed by atoms with Crippen molar-refractivity contribution in [3.8, 4) is 5.75 Å². The zero-order chi connectivity index (χ0) is 22.0. The summed E-state index contributed by atoms with van der Waals surface area (Å²) < 4.78 is 37.9. The Balaban J connectivity index is 1.36. The van der Waals surface area contributed by atoms with E-state index in [0.717, 1.165) is 28.9 Å². The number of benzene rings is 3. The predicted octanol–water partition coefficient (Wildman–Crippen LogP) is 4.80. The third-order valence-corrected chi connectivity index (χ3v) is 4.78. The molecule has 2 amide bonds. The van der Waals surface area contributed by atoms with Crippen LogP contribution in [0.3, 0.4) is 0 Å². The van der Waals surface area contributed by atoms with E-state index in [2.05, 4.69) is 10.6 Å². The Morgan fingerprint density at radius 2 is 1.77 bits per heavy atom. The zero-order valence-electron chi connectivity index (χ0n) is 16.2. The number of hydrogen-bond acceptors (Lipinski definition) is 4. The average molecular weight is 428 g/mol. The van der Waals surface area contributed by atoms with Crippen LogP contribution in [-0.2, 0) is 12.7 Å². The van der Waals surface area contributed by atoms with Gasteiger partial charge in [-0.05, 0) is 48.0 Å². The number of carbonyl (C=O) groups excluding carboxylic acids is 1. The molecule has 4 rings (SSSR count). The summed E-state index contributed by atoms with van der Waals surface area (Å²) in [5.41, 5.74) is 8.15. The lowest BCUT2D eigenvalue weighted by Gasteiger charge is -2.22. The van der Waals surface area contributed by atoms with Gasteiger partial charge in [0.1, 0.15) is 6.17 Å². The number of nitrogens with two attached hydrogens (primary N) is 1. The van der Waals surface area contributed by atoms with Crippen molar-refractivity contribution in [2.75, 3.05) is 10.4 Å². The molecule has 31 heavy (non-hydrogen) atoms. The number of halogens is 3. The van der Waals surface area contributed by atoms with Crippen LogP contribution in [0.4, 0.5) is 29.3 Å². The number of amides is 2. The van der Waals surface area contributed by atoms with E-state index in [0.29, 0.717) is 5.75 Å². The van der Waals surface area contributed by atoms with Gasteiger partial charge in [-0.25, -0.2) is 4.79 Å². The topological polar surface area (TPSA) is 79.6 Å². The number of nitrogens with zero attached hydrogens (tertiary/aromatic N) is 1. The molecule has 0 saturated carbocycles. The Kier molecular flexibility index (Phi) is 5.43. The third-order valence-electron chi connectivity index (χ3n) is 4.78. The van der Waals surface area contributed by atoms with Gasteiger partial charge in [-0.2, -0.15) is 18.2 Å². The van der Waals surface area contributed by atoms with Gasteiger partial charge in [0.15, 0.2) is 5.75 Å². The molecule has 1 aliphatic rings. The van der Waals surface area contributed by atoms with Crippen LogP contribution in [0.5, 0.6) is 5.75 Å². The Bertz CT molecular complexity index is 1090. The largest absolute Gasteiger partial charge is 0.416 e. The van der Waals surface area contributed by atoms with Crippen LogP contribution < -0.4 is 26.3 Å². The van der Waals surface area contributed by atoms with Crippen LogP contribution in [0.15, 0.2) is 72.8 Å². The first-order valence-electron chi connectivity index (χ1n) is 9.44. The van der Waals surface area contributed by atoms with Gasteiger partial charge in [0.05, 0.1) is 11.3 Å². The molecule has 0 aliphatic carbocycles. The Morgan fingerprint density at radius 1 is 1.03 bits per heavy atom. The number of fused-ring (bicyclic) bond motifs is 1. The minimum absolute atomic E-state index is 0.205. The van der Waals surface area contributed by atoms with Crippen LogP contribution in [-0.4, -0.2) is 6.03 Å². The van der Waals surface area contributed by atoms with E-state index in [9.17, 15) is 18.0 Å². The van der Waals surface area contributed by atoms with E-state index in [1.807, 2.05) is 48.5 Å². The number of urea groups is 1. The van der Waals surface area contributed by atoms with Gasteiger partial charge >= 0.3 is 12.2 Å². The van der Waals surface area contributed by atoms with Crippen LogP contribution in [0, 0.1) is 0 Å². The molecule has 160 valence electrons. The zero-order valence-corrected chi connectivity index (χ0v) is 16.2. The van der Waals surface area contributed by atoms with E-state index in [4.69, 9.17) is 10.6 Å². The minimum atomic E-state index is -4.42. The summed E-state index contributed by atoms with van der Waals surface area (Å²) in [6, 6.07) is 18.5. The Hall–Kier alpha value is -3.72. The summed E-state index contributed by atoms with van der Waals surface area (Å²) in [5, 5.41) is 6.78. The highest BCUT2D eigenvalue weighted by Crippen LogP contribution is 2.37.